The molecule has 0 aromatic heterocycles. The first-order chi connectivity index (χ1) is 12.1. The number of rotatable bonds is 3. The summed E-state index contributed by atoms with van der Waals surface area (Å²) < 4.78 is 0. The summed E-state index contributed by atoms with van der Waals surface area (Å²) in [5.41, 5.74) is 6.38. The molecule has 6 nitrogen and oxygen atoms in total. The van der Waals surface area contributed by atoms with Crippen LogP contribution in [0.1, 0.15) is 11.1 Å². The lowest BCUT2D eigenvalue weighted by molar-refractivity contribution is -0.163. The molecule has 2 aliphatic rings. The highest BCUT2D eigenvalue weighted by Crippen LogP contribution is 2.25. The molecule has 2 aliphatic heterocycles. The Morgan fingerprint density at radius 3 is 2.36 bits per heavy atom. The molecule has 2 aromatic rings. The number of nitrogens with zero attached hydrogens (tertiary/aromatic N) is 3. The SMILES string of the molecule is Cc1ccccc1CN1NC2N(CCN2c2ccccc2)C(=O)C1=O. The molecule has 25 heavy (non-hydrogen) atoms. The Morgan fingerprint density at radius 2 is 1.60 bits per heavy atom. The molecule has 1 unspecified atom stereocenters. The average molecular weight is 336 g/mol. The second-order valence-electron chi connectivity index (χ2n) is 6.35. The number of carbonyl (C=O) groups is 2. The predicted octanol–water partition coefficient (Wildman–Crippen LogP) is 1.47. The summed E-state index contributed by atoms with van der Waals surface area (Å²) in [5.74, 6) is -0.954. The number of fused-ring (bicyclic) bond motifs is 1. The molecule has 2 heterocycles. The van der Waals surface area contributed by atoms with Gasteiger partial charge >= 0.3 is 11.8 Å². The molecule has 2 amide bonds. The Balaban J connectivity index is 1.60. The van der Waals surface area contributed by atoms with E-state index >= 15 is 0 Å². The highest BCUT2D eigenvalue weighted by molar-refractivity contribution is 6.35. The van der Waals surface area contributed by atoms with Crippen molar-refractivity contribution in [3.63, 3.8) is 0 Å². The van der Waals surface area contributed by atoms with Gasteiger partial charge in [0.15, 0.2) is 6.29 Å². The largest absolute Gasteiger partial charge is 0.336 e. The van der Waals surface area contributed by atoms with Crippen molar-refractivity contribution in [2.45, 2.75) is 19.8 Å². The lowest BCUT2D eigenvalue weighted by atomic mass is 10.1. The summed E-state index contributed by atoms with van der Waals surface area (Å²) in [6.45, 7) is 3.60. The smallest absolute Gasteiger partial charge is 0.326 e. The topological polar surface area (TPSA) is 55.9 Å². The maximum Gasteiger partial charge on any atom is 0.326 e. The molecule has 6 heteroatoms. The maximum atomic E-state index is 12.5. The minimum absolute atomic E-state index is 0.336. The van der Waals surface area contributed by atoms with Crippen LogP contribution in [-0.2, 0) is 16.1 Å². The zero-order valence-electron chi connectivity index (χ0n) is 14.1. The van der Waals surface area contributed by atoms with Crippen molar-refractivity contribution < 1.29 is 9.59 Å². The number of hydrogen-bond donors (Lipinski definition) is 1. The molecule has 1 atom stereocenters. The Bertz CT molecular complexity index is 808. The summed E-state index contributed by atoms with van der Waals surface area (Å²) in [7, 11) is 0. The lowest BCUT2D eigenvalue weighted by Gasteiger charge is -2.40. The van der Waals surface area contributed by atoms with E-state index in [4.69, 9.17) is 0 Å². The zero-order valence-corrected chi connectivity index (χ0v) is 14.1. The highest BCUT2D eigenvalue weighted by Gasteiger charge is 2.45. The van der Waals surface area contributed by atoms with Crippen molar-refractivity contribution in [3.05, 3.63) is 65.7 Å². The van der Waals surface area contributed by atoms with Crippen LogP contribution >= 0.6 is 0 Å². The van der Waals surface area contributed by atoms with E-state index < -0.39 is 11.8 Å². The summed E-state index contributed by atoms with van der Waals surface area (Å²) >= 11 is 0. The van der Waals surface area contributed by atoms with Crippen molar-refractivity contribution >= 4 is 17.5 Å². The fourth-order valence-electron chi connectivity index (χ4n) is 3.38. The predicted molar refractivity (Wildman–Crippen MR) is 94.2 cm³/mol. The van der Waals surface area contributed by atoms with Gasteiger partial charge in [-0.2, -0.15) is 5.43 Å². The van der Waals surface area contributed by atoms with Gasteiger partial charge < -0.3 is 4.90 Å². The van der Waals surface area contributed by atoms with Crippen LogP contribution in [0.15, 0.2) is 54.6 Å². The van der Waals surface area contributed by atoms with Crippen molar-refractivity contribution in [3.8, 4) is 0 Å². The monoisotopic (exact) mass is 336 g/mol. The number of hydrazine groups is 1. The first kappa shape index (κ1) is 15.7. The van der Waals surface area contributed by atoms with Crippen LogP contribution in [-0.4, -0.2) is 41.1 Å². The van der Waals surface area contributed by atoms with Gasteiger partial charge in [-0.3, -0.25) is 19.5 Å². The normalized spacial score (nSPS) is 20.2. The second-order valence-corrected chi connectivity index (χ2v) is 6.35. The third-order valence-corrected chi connectivity index (χ3v) is 4.81. The number of benzene rings is 2. The number of amides is 2. The summed E-state index contributed by atoms with van der Waals surface area (Å²) in [6.07, 6.45) is -0.336. The molecule has 2 aromatic carbocycles. The summed E-state index contributed by atoms with van der Waals surface area (Å²) in [6, 6.07) is 17.8. The maximum absolute atomic E-state index is 12.5. The van der Waals surface area contributed by atoms with Gasteiger partial charge in [0, 0.05) is 18.8 Å². The number of nitrogens with one attached hydrogen (secondary N) is 1. The minimum atomic E-state index is -0.505. The van der Waals surface area contributed by atoms with Crippen LogP contribution in [0.4, 0.5) is 5.69 Å². The molecule has 0 saturated carbocycles. The van der Waals surface area contributed by atoms with Crippen LogP contribution in [0, 0.1) is 6.92 Å². The van der Waals surface area contributed by atoms with Gasteiger partial charge in [-0.15, -0.1) is 0 Å². The molecule has 128 valence electrons. The van der Waals surface area contributed by atoms with Gasteiger partial charge in [-0.1, -0.05) is 42.5 Å². The fourth-order valence-corrected chi connectivity index (χ4v) is 3.38. The highest BCUT2D eigenvalue weighted by atomic mass is 16.2. The summed E-state index contributed by atoms with van der Waals surface area (Å²) in [5, 5.41) is 1.44. The van der Waals surface area contributed by atoms with E-state index in [1.807, 2.05) is 61.5 Å². The molecule has 2 saturated heterocycles. The quantitative estimate of drug-likeness (QED) is 0.863. The van der Waals surface area contributed by atoms with Crippen molar-refractivity contribution in [2.24, 2.45) is 0 Å². The minimum Gasteiger partial charge on any atom is -0.336 e. The standard InChI is InChI=1S/C19H20N4O2/c1-14-7-5-6-8-15(14)13-23-18(25)17(24)22-12-11-21(19(22)20-23)16-9-3-2-4-10-16/h2-10,19-20H,11-13H2,1H3. The number of carbonyl (C=O) groups excluding carboxylic acids is 2. The molecule has 2 fully saturated rings. The first-order valence-electron chi connectivity index (χ1n) is 8.40. The van der Waals surface area contributed by atoms with Gasteiger partial charge in [0.2, 0.25) is 0 Å². The lowest BCUT2D eigenvalue weighted by Crippen LogP contribution is -2.67. The van der Waals surface area contributed by atoms with E-state index in [0.717, 1.165) is 16.8 Å². The van der Waals surface area contributed by atoms with Crippen molar-refractivity contribution in [1.82, 2.24) is 15.3 Å². The number of hydrogen-bond acceptors (Lipinski definition) is 4. The van der Waals surface area contributed by atoms with Gasteiger partial charge in [-0.05, 0) is 30.2 Å². The molecule has 4 rings (SSSR count). The molecule has 1 N–H and O–H groups in total. The van der Waals surface area contributed by atoms with Crippen LogP contribution in [0.25, 0.3) is 0 Å². The molecule has 0 bridgehead atoms. The Morgan fingerprint density at radius 1 is 0.920 bits per heavy atom. The van der Waals surface area contributed by atoms with Crippen LogP contribution < -0.4 is 10.3 Å². The number of aryl methyl sites for hydroxylation is 1. The Hall–Kier alpha value is -2.86. The van der Waals surface area contributed by atoms with Crippen LogP contribution in [0.2, 0.25) is 0 Å². The van der Waals surface area contributed by atoms with E-state index in [1.54, 1.807) is 4.90 Å². The molecule has 0 spiro atoms. The van der Waals surface area contributed by atoms with E-state index in [1.165, 1.54) is 5.01 Å². The Kier molecular flexibility index (Phi) is 3.89. The first-order valence-corrected chi connectivity index (χ1v) is 8.40. The van der Waals surface area contributed by atoms with Gasteiger partial charge in [0.1, 0.15) is 0 Å². The average Bonchev–Trinajstić information content (AvgIpc) is 3.06. The van der Waals surface area contributed by atoms with E-state index in [9.17, 15) is 9.59 Å². The summed E-state index contributed by atoms with van der Waals surface area (Å²) in [4.78, 5) is 28.7. The fraction of sp³-hybridized carbons (Fsp3) is 0.263. The van der Waals surface area contributed by atoms with Gasteiger partial charge in [0.25, 0.3) is 0 Å². The van der Waals surface area contributed by atoms with Crippen molar-refractivity contribution in [2.75, 3.05) is 18.0 Å². The van der Waals surface area contributed by atoms with E-state index in [0.29, 0.717) is 19.6 Å². The van der Waals surface area contributed by atoms with Crippen LogP contribution in [0.5, 0.6) is 0 Å². The van der Waals surface area contributed by atoms with E-state index in [2.05, 4.69) is 10.3 Å². The number of anilines is 1. The van der Waals surface area contributed by atoms with Gasteiger partial charge in [-0.25, -0.2) is 0 Å². The number of para-hydroxylation sites is 1. The molecule has 0 aliphatic carbocycles. The second kappa shape index (κ2) is 6.22. The molecular weight excluding hydrogens is 316 g/mol. The van der Waals surface area contributed by atoms with Gasteiger partial charge in [0.05, 0.1) is 6.54 Å². The zero-order chi connectivity index (χ0) is 17.4. The Labute approximate surface area is 146 Å². The molecular formula is C19H20N4O2. The van der Waals surface area contributed by atoms with Crippen molar-refractivity contribution in [1.29, 1.82) is 0 Å². The van der Waals surface area contributed by atoms with E-state index in [-0.39, 0.29) is 6.29 Å². The third-order valence-electron chi connectivity index (χ3n) is 4.81. The third kappa shape index (κ3) is 2.74. The molecule has 0 radical (unpaired) electrons. The van der Waals surface area contributed by atoms with Crippen LogP contribution in [0.3, 0.4) is 0 Å².